The van der Waals surface area contributed by atoms with E-state index in [4.69, 9.17) is 28.6 Å². The van der Waals surface area contributed by atoms with Crippen LogP contribution in [0.3, 0.4) is 0 Å². The summed E-state index contributed by atoms with van der Waals surface area (Å²) >= 11 is 11.0. The molecule has 0 aliphatic carbocycles. The van der Waals surface area contributed by atoms with Crippen molar-refractivity contribution in [1.29, 1.82) is 0 Å². The second kappa shape index (κ2) is 8.50. The van der Waals surface area contributed by atoms with Crippen LogP contribution in [0.15, 0.2) is 23.3 Å². The van der Waals surface area contributed by atoms with Crippen molar-refractivity contribution in [3.8, 4) is 0 Å². The Bertz CT molecular complexity index is 553. The third kappa shape index (κ3) is 6.03. The molecule has 0 amide bonds. The van der Waals surface area contributed by atoms with E-state index in [1.807, 2.05) is 6.92 Å². The number of hydrogen-bond donors (Lipinski definition) is 2. The standard InChI is InChI=1S/C12H15ClN4O3S/c1-8(7-20-2)15-12(21)16-14-6-9-5-10(17(18)19)3-4-11(9)13/h3-6,8H,7H2,1-2H3,(H2,15,16,21)/b14-6-/t8-/m1/s1. The first-order valence-electron chi connectivity index (χ1n) is 5.96. The quantitative estimate of drug-likeness (QED) is 0.359. The molecule has 0 saturated heterocycles. The number of halogens is 1. The van der Waals surface area contributed by atoms with E-state index in [-0.39, 0.29) is 11.7 Å². The predicted molar refractivity (Wildman–Crippen MR) is 85.9 cm³/mol. The maximum Gasteiger partial charge on any atom is 0.270 e. The molecule has 0 saturated carbocycles. The van der Waals surface area contributed by atoms with Crippen molar-refractivity contribution in [3.63, 3.8) is 0 Å². The Hall–Kier alpha value is -1.77. The predicted octanol–water partition coefficient (Wildman–Crippen LogP) is 2.08. The number of thiocarbonyl (C=S) groups is 1. The lowest BCUT2D eigenvalue weighted by Crippen LogP contribution is -2.40. The molecule has 0 unspecified atom stereocenters. The third-order valence-electron chi connectivity index (χ3n) is 2.35. The summed E-state index contributed by atoms with van der Waals surface area (Å²) in [6.45, 7) is 2.40. The lowest BCUT2D eigenvalue weighted by Gasteiger charge is -2.13. The van der Waals surface area contributed by atoms with Gasteiger partial charge in [0.05, 0.1) is 17.7 Å². The molecule has 1 aromatic carbocycles. The molecule has 1 aromatic rings. The van der Waals surface area contributed by atoms with Gasteiger partial charge in [0.25, 0.3) is 5.69 Å². The minimum atomic E-state index is -0.500. The number of nitro groups is 1. The molecule has 0 fully saturated rings. The number of hydrogen-bond acceptors (Lipinski definition) is 5. The van der Waals surface area contributed by atoms with Crippen LogP contribution >= 0.6 is 23.8 Å². The van der Waals surface area contributed by atoms with Crippen molar-refractivity contribution in [1.82, 2.24) is 10.7 Å². The van der Waals surface area contributed by atoms with Crippen LogP contribution in [0.5, 0.6) is 0 Å². The number of hydrazone groups is 1. The van der Waals surface area contributed by atoms with Crippen molar-refractivity contribution in [3.05, 3.63) is 38.9 Å². The van der Waals surface area contributed by atoms with Gasteiger partial charge in [0, 0.05) is 35.9 Å². The van der Waals surface area contributed by atoms with Gasteiger partial charge in [0.2, 0.25) is 0 Å². The molecule has 0 spiro atoms. The molecule has 0 aliphatic rings. The van der Waals surface area contributed by atoms with Gasteiger partial charge in [0.1, 0.15) is 0 Å². The van der Waals surface area contributed by atoms with Crippen LogP contribution in [-0.4, -0.2) is 36.0 Å². The SMILES string of the molecule is COC[C@@H](C)NC(=S)N/N=C\c1cc([N+](=O)[O-])ccc1Cl. The Morgan fingerprint density at radius 3 is 3.00 bits per heavy atom. The van der Waals surface area contributed by atoms with E-state index in [0.29, 0.717) is 22.3 Å². The first-order chi connectivity index (χ1) is 9.93. The fourth-order valence-electron chi connectivity index (χ4n) is 1.45. The number of ether oxygens (including phenoxy) is 1. The Balaban J connectivity index is 2.62. The molecule has 9 heteroatoms. The van der Waals surface area contributed by atoms with Crippen LogP contribution in [0.2, 0.25) is 5.02 Å². The van der Waals surface area contributed by atoms with E-state index in [1.54, 1.807) is 7.11 Å². The van der Waals surface area contributed by atoms with Crippen LogP contribution in [0, 0.1) is 10.1 Å². The molecule has 1 rings (SSSR count). The fraction of sp³-hybridized carbons (Fsp3) is 0.333. The van der Waals surface area contributed by atoms with E-state index in [1.165, 1.54) is 24.4 Å². The summed E-state index contributed by atoms with van der Waals surface area (Å²) in [4.78, 5) is 10.2. The highest BCUT2D eigenvalue weighted by atomic mass is 35.5. The highest BCUT2D eigenvalue weighted by Crippen LogP contribution is 2.20. The summed E-state index contributed by atoms with van der Waals surface area (Å²) in [5, 5.41) is 18.2. The number of non-ortho nitro benzene ring substituents is 1. The van der Waals surface area contributed by atoms with Crippen molar-refractivity contribution >= 4 is 40.8 Å². The largest absolute Gasteiger partial charge is 0.383 e. The second-order valence-electron chi connectivity index (χ2n) is 4.16. The zero-order valence-electron chi connectivity index (χ0n) is 11.5. The number of nitro benzene ring substituents is 1. The van der Waals surface area contributed by atoms with E-state index >= 15 is 0 Å². The van der Waals surface area contributed by atoms with Gasteiger partial charge in [-0.25, -0.2) is 0 Å². The van der Waals surface area contributed by atoms with Crippen LogP contribution in [-0.2, 0) is 4.74 Å². The molecule has 0 bridgehead atoms. The second-order valence-corrected chi connectivity index (χ2v) is 4.98. The highest BCUT2D eigenvalue weighted by molar-refractivity contribution is 7.80. The molecule has 7 nitrogen and oxygen atoms in total. The summed E-state index contributed by atoms with van der Waals surface area (Å²) < 4.78 is 4.96. The number of benzene rings is 1. The van der Waals surface area contributed by atoms with Crippen LogP contribution in [0.1, 0.15) is 12.5 Å². The summed E-state index contributed by atoms with van der Waals surface area (Å²) in [5.41, 5.74) is 2.96. The number of methoxy groups -OCH3 is 1. The van der Waals surface area contributed by atoms with Crippen LogP contribution in [0.25, 0.3) is 0 Å². The van der Waals surface area contributed by atoms with Gasteiger partial charge in [-0.1, -0.05) is 11.6 Å². The molecule has 0 aromatic heterocycles. The van der Waals surface area contributed by atoms with Crippen molar-refractivity contribution in [2.75, 3.05) is 13.7 Å². The van der Waals surface area contributed by atoms with E-state index in [0.717, 1.165) is 0 Å². The van der Waals surface area contributed by atoms with Gasteiger partial charge in [-0.3, -0.25) is 15.5 Å². The Labute approximate surface area is 132 Å². The van der Waals surface area contributed by atoms with Gasteiger partial charge in [-0.05, 0) is 25.2 Å². The van der Waals surface area contributed by atoms with Gasteiger partial charge < -0.3 is 10.1 Å². The number of nitrogens with zero attached hydrogens (tertiary/aromatic N) is 2. The molecule has 0 heterocycles. The minimum absolute atomic E-state index is 0.0339. The Morgan fingerprint density at radius 2 is 2.38 bits per heavy atom. The maximum absolute atomic E-state index is 10.7. The topological polar surface area (TPSA) is 88.8 Å². The van der Waals surface area contributed by atoms with Crippen molar-refractivity contribution in [2.24, 2.45) is 5.10 Å². The summed E-state index contributed by atoms with van der Waals surface area (Å²) in [6.07, 6.45) is 1.37. The lowest BCUT2D eigenvalue weighted by molar-refractivity contribution is -0.384. The molecule has 1 atom stereocenters. The van der Waals surface area contributed by atoms with Crippen LogP contribution < -0.4 is 10.7 Å². The number of rotatable bonds is 6. The Kier molecular flexibility index (Phi) is 7.00. The molecule has 21 heavy (non-hydrogen) atoms. The summed E-state index contributed by atoms with van der Waals surface area (Å²) in [6, 6.07) is 4.13. The zero-order valence-corrected chi connectivity index (χ0v) is 13.1. The summed E-state index contributed by atoms with van der Waals surface area (Å²) in [5.74, 6) is 0. The van der Waals surface area contributed by atoms with Gasteiger partial charge in [-0.15, -0.1) is 0 Å². The van der Waals surface area contributed by atoms with Gasteiger partial charge >= 0.3 is 0 Å². The van der Waals surface area contributed by atoms with Gasteiger partial charge in [-0.2, -0.15) is 5.10 Å². The molecule has 0 aliphatic heterocycles. The molecular formula is C12H15ClN4O3S. The van der Waals surface area contributed by atoms with Crippen LogP contribution in [0.4, 0.5) is 5.69 Å². The number of nitrogens with one attached hydrogen (secondary N) is 2. The monoisotopic (exact) mass is 330 g/mol. The van der Waals surface area contributed by atoms with E-state index < -0.39 is 4.92 Å². The molecule has 0 radical (unpaired) electrons. The lowest BCUT2D eigenvalue weighted by atomic mass is 10.2. The van der Waals surface area contributed by atoms with E-state index in [2.05, 4.69) is 15.8 Å². The first kappa shape index (κ1) is 17.3. The third-order valence-corrected chi connectivity index (χ3v) is 2.91. The highest BCUT2D eigenvalue weighted by Gasteiger charge is 2.08. The molecule has 2 N–H and O–H groups in total. The normalized spacial score (nSPS) is 12.1. The summed E-state index contributed by atoms with van der Waals surface area (Å²) in [7, 11) is 1.59. The fourth-order valence-corrected chi connectivity index (χ4v) is 1.87. The van der Waals surface area contributed by atoms with Crippen molar-refractivity contribution < 1.29 is 9.66 Å². The maximum atomic E-state index is 10.7. The molecular weight excluding hydrogens is 316 g/mol. The smallest absolute Gasteiger partial charge is 0.270 e. The molecule has 114 valence electrons. The average molecular weight is 331 g/mol. The first-order valence-corrected chi connectivity index (χ1v) is 6.75. The van der Waals surface area contributed by atoms with Crippen molar-refractivity contribution in [2.45, 2.75) is 13.0 Å². The zero-order chi connectivity index (χ0) is 15.8. The average Bonchev–Trinajstić information content (AvgIpc) is 2.40. The Morgan fingerprint density at radius 1 is 1.67 bits per heavy atom. The van der Waals surface area contributed by atoms with E-state index in [9.17, 15) is 10.1 Å². The minimum Gasteiger partial charge on any atom is -0.383 e. The van der Waals surface area contributed by atoms with Gasteiger partial charge in [0.15, 0.2) is 5.11 Å².